The monoisotopic (exact) mass is 256 g/mol. The third-order valence-electron chi connectivity index (χ3n) is 2.81. The molecule has 2 unspecified atom stereocenters. The first-order valence-corrected chi connectivity index (χ1v) is 5.80. The van der Waals surface area contributed by atoms with Crippen molar-refractivity contribution < 1.29 is 5.11 Å². The molecule has 2 atom stereocenters. The van der Waals surface area contributed by atoms with Gasteiger partial charge in [0, 0.05) is 4.47 Å². The third kappa shape index (κ3) is 2.37. The lowest BCUT2D eigenvalue weighted by Gasteiger charge is -2.20. The lowest BCUT2D eigenvalue weighted by atomic mass is 9.92. The molecular weight excluding hydrogens is 240 g/mol. The van der Waals surface area contributed by atoms with E-state index in [1.54, 1.807) is 0 Å². The average molecular weight is 257 g/mol. The SMILES string of the molecule is CCC(C)C(O)c1cccc(Br)c1C. The molecule has 0 aliphatic rings. The maximum Gasteiger partial charge on any atom is 0.0818 e. The second-order valence-electron chi connectivity index (χ2n) is 3.78. The summed E-state index contributed by atoms with van der Waals surface area (Å²) in [6.45, 7) is 6.21. The van der Waals surface area contributed by atoms with Crippen LogP contribution in [0.3, 0.4) is 0 Å². The minimum Gasteiger partial charge on any atom is -0.388 e. The number of aliphatic hydroxyl groups is 1. The minimum atomic E-state index is -0.350. The number of aliphatic hydroxyl groups excluding tert-OH is 1. The van der Waals surface area contributed by atoms with Crippen LogP contribution in [-0.4, -0.2) is 5.11 Å². The van der Waals surface area contributed by atoms with Gasteiger partial charge in [0.25, 0.3) is 0 Å². The molecule has 0 aliphatic heterocycles. The van der Waals surface area contributed by atoms with E-state index in [0.29, 0.717) is 5.92 Å². The molecule has 0 saturated heterocycles. The molecule has 1 N–H and O–H groups in total. The summed E-state index contributed by atoms with van der Waals surface area (Å²) in [7, 11) is 0. The molecule has 1 nitrogen and oxygen atoms in total. The summed E-state index contributed by atoms with van der Waals surface area (Å²) in [4.78, 5) is 0. The van der Waals surface area contributed by atoms with Gasteiger partial charge in [0.1, 0.15) is 0 Å². The molecule has 0 heterocycles. The van der Waals surface area contributed by atoms with Crippen molar-refractivity contribution in [1.82, 2.24) is 0 Å². The number of benzene rings is 1. The molecule has 0 saturated carbocycles. The Hall–Kier alpha value is -0.340. The summed E-state index contributed by atoms with van der Waals surface area (Å²) >= 11 is 3.47. The number of hydrogen-bond acceptors (Lipinski definition) is 1. The Labute approximate surface area is 94.3 Å². The van der Waals surface area contributed by atoms with E-state index >= 15 is 0 Å². The van der Waals surface area contributed by atoms with Crippen LogP contribution in [0.1, 0.15) is 37.5 Å². The zero-order chi connectivity index (χ0) is 10.7. The molecule has 0 bridgehead atoms. The van der Waals surface area contributed by atoms with Gasteiger partial charge in [-0.25, -0.2) is 0 Å². The van der Waals surface area contributed by atoms with Gasteiger partial charge in [-0.3, -0.25) is 0 Å². The molecule has 0 fully saturated rings. The van der Waals surface area contributed by atoms with Gasteiger partial charge in [-0.2, -0.15) is 0 Å². The highest BCUT2D eigenvalue weighted by Gasteiger charge is 2.17. The summed E-state index contributed by atoms with van der Waals surface area (Å²) < 4.78 is 1.07. The second kappa shape index (κ2) is 4.94. The van der Waals surface area contributed by atoms with E-state index in [1.165, 1.54) is 0 Å². The first-order chi connectivity index (χ1) is 6.57. The topological polar surface area (TPSA) is 20.2 Å². The summed E-state index contributed by atoms with van der Waals surface area (Å²) in [6, 6.07) is 5.97. The average Bonchev–Trinajstić information content (AvgIpc) is 2.20. The predicted molar refractivity (Wildman–Crippen MR) is 63.3 cm³/mol. The van der Waals surface area contributed by atoms with Gasteiger partial charge < -0.3 is 5.11 Å². The number of halogens is 1. The van der Waals surface area contributed by atoms with Crippen LogP contribution in [0, 0.1) is 12.8 Å². The fourth-order valence-corrected chi connectivity index (χ4v) is 1.86. The molecular formula is C12H17BrO. The van der Waals surface area contributed by atoms with Crippen LogP contribution in [0.5, 0.6) is 0 Å². The van der Waals surface area contributed by atoms with Crippen molar-refractivity contribution in [2.24, 2.45) is 5.92 Å². The smallest absolute Gasteiger partial charge is 0.0818 e. The van der Waals surface area contributed by atoms with E-state index in [2.05, 4.69) is 29.8 Å². The van der Waals surface area contributed by atoms with Gasteiger partial charge in [0.15, 0.2) is 0 Å². The van der Waals surface area contributed by atoms with Crippen LogP contribution >= 0.6 is 15.9 Å². The first-order valence-electron chi connectivity index (χ1n) is 5.01. The fraction of sp³-hybridized carbons (Fsp3) is 0.500. The van der Waals surface area contributed by atoms with Gasteiger partial charge in [0.05, 0.1) is 6.10 Å². The van der Waals surface area contributed by atoms with Crippen molar-refractivity contribution >= 4 is 15.9 Å². The van der Waals surface area contributed by atoms with Crippen LogP contribution < -0.4 is 0 Å². The van der Waals surface area contributed by atoms with Gasteiger partial charge in [-0.1, -0.05) is 48.3 Å². The summed E-state index contributed by atoms with van der Waals surface area (Å²) in [5.74, 6) is 0.308. The zero-order valence-electron chi connectivity index (χ0n) is 8.92. The molecule has 78 valence electrons. The molecule has 0 spiro atoms. The highest BCUT2D eigenvalue weighted by atomic mass is 79.9. The van der Waals surface area contributed by atoms with E-state index in [9.17, 15) is 5.11 Å². The fourth-order valence-electron chi connectivity index (χ4n) is 1.47. The Bertz CT molecular complexity index is 309. The van der Waals surface area contributed by atoms with Crippen molar-refractivity contribution in [1.29, 1.82) is 0 Å². The van der Waals surface area contributed by atoms with Crippen molar-refractivity contribution in [2.75, 3.05) is 0 Å². The number of rotatable bonds is 3. The molecule has 0 aromatic heterocycles. The quantitative estimate of drug-likeness (QED) is 0.872. The van der Waals surface area contributed by atoms with Gasteiger partial charge >= 0.3 is 0 Å². The lowest BCUT2D eigenvalue weighted by molar-refractivity contribution is 0.115. The van der Waals surface area contributed by atoms with Gasteiger partial charge in [-0.05, 0) is 30.0 Å². The third-order valence-corrected chi connectivity index (χ3v) is 3.67. The van der Waals surface area contributed by atoms with Crippen molar-refractivity contribution in [2.45, 2.75) is 33.3 Å². The van der Waals surface area contributed by atoms with Crippen LogP contribution in [0.15, 0.2) is 22.7 Å². The van der Waals surface area contributed by atoms with Crippen molar-refractivity contribution in [3.8, 4) is 0 Å². The second-order valence-corrected chi connectivity index (χ2v) is 4.64. The van der Waals surface area contributed by atoms with Crippen LogP contribution in [0.2, 0.25) is 0 Å². The van der Waals surface area contributed by atoms with Crippen LogP contribution in [0.25, 0.3) is 0 Å². The van der Waals surface area contributed by atoms with Gasteiger partial charge in [-0.15, -0.1) is 0 Å². The molecule has 0 aliphatic carbocycles. The van der Waals surface area contributed by atoms with Crippen molar-refractivity contribution in [3.63, 3.8) is 0 Å². The standard InChI is InChI=1S/C12H17BrO/c1-4-8(2)12(14)10-6-5-7-11(13)9(10)3/h5-8,12,14H,4H2,1-3H3. The maximum atomic E-state index is 10.1. The Morgan fingerprint density at radius 1 is 1.43 bits per heavy atom. The molecule has 2 heteroatoms. The largest absolute Gasteiger partial charge is 0.388 e. The van der Waals surface area contributed by atoms with E-state index in [4.69, 9.17) is 0 Å². The molecule has 1 aromatic rings. The Kier molecular flexibility index (Phi) is 4.14. The summed E-state index contributed by atoms with van der Waals surface area (Å²) in [6.07, 6.45) is 0.644. The zero-order valence-corrected chi connectivity index (χ0v) is 10.5. The Morgan fingerprint density at radius 3 is 2.64 bits per heavy atom. The van der Waals surface area contributed by atoms with E-state index in [0.717, 1.165) is 22.0 Å². The first kappa shape index (κ1) is 11.7. The highest BCUT2D eigenvalue weighted by molar-refractivity contribution is 9.10. The van der Waals surface area contributed by atoms with Gasteiger partial charge in [0.2, 0.25) is 0 Å². The molecule has 1 rings (SSSR count). The molecule has 0 radical (unpaired) electrons. The predicted octanol–water partition coefficient (Wildman–Crippen LogP) is 3.84. The highest BCUT2D eigenvalue weighted by Crippen LogP contribution is 2.29. The molecule has 0 amide bonds. The minimum absolute atomic E-state index is 0.308. The maximum absolute atomic E-state index is 10.1. The number of hydrogen-bond donors (Lipinski definition) is 1. The molecule has 14 heavy (non-hydrogen) atoms. The lowest BCUT2D eigenvalue weighted by Crippen LogP contribution is -2.09. The normalized spacial score (nSPS) is 15.2. The van der Waals surface area contributed by atoms with Crippen LogP contribution in [-0.2, 0) is 0 Å². The van der Waals surface area contributed by atoms with E-state index in [1.807, 2.05) is 25.1 Å². The van der Waals surface area contributed by atoms with E-state index in [-0.39, 0.29) is 6.10 Å². The molecule has 1 aromatic carbocycles. The van der Waals surface area contributed by atoms with Crippen LogP contribution in [0.4, 0.5) is 0 Å². The summed E-state index contributed by atoms with van der Waals surface area (Å²) in [5.41, 5.74) is 2.18. The Balaban J connectivity index is 3.01. The van der Waals surface area contributed by atoms with Crippen molar-refractivity contribution in [3.05, 3.63) is 33.8 Å². The summed E-state index contributed by atoms with van der Waals surface area (Å²) in [5, 5.41) is 10.1. The Morgan fingerprint density at radius 2 is 2.07 bits per heavy atom. The van der Waals surface area contributed by atoms with E-state index < -0.39 is 0 Å².